The minimum absolute atomic E-state index is 0.0272. The molecule has 1 heterocycles. The van der Waals surface area contributed by atoms with Gasteiger partial charge in [-0.2, -0.15) is 0 Å². The predicted octanol–water partition coefficient (Wildman–Crippen LogP) is 16.3. The van der Waals surface area contributed by atoms with E-state index in [-0.39, 0.29) is 29.7 Å². The number of ether oxygens (including phenoxy) is 3. The van der Waals surface area contributed by atoms with Crippen molar-refractivity contribution in [3.8, 4) is 0 Å². The third kappa shape index (κ3) is 17.4. The summed E-state index contributed by atoms with van der Waals surface area (Å²) < 4.78 is 18.3. The highest BCUT2D eigenvalue weighted by molar-refractivity contribution is 5.69. The van der Waals surface area contributed by atoms with Crippen LogP contribution in [-0.4, -0.2) is 55.5 Å². The van der Waals surface area contributed by atoms with Crippen LogP contribution < -0.4 is 0 Å². The Hall–Kier alpha value is -1.82. The van der Waals surface area contributed by atoms with E-state index in [1.165, 1.54) is 173 Å². The van der Waals surface area contributed by atoms with Crippen molar-refractivity contribution >= 4 is 12.1 Å². The fourth-order valence-electron chi connectivity index (χ4n) is 13.2. The molecule has 0 N–H and O–H groups in total. The quantitative estimate of drug-likeness (QED) is 0.0394. The topological polar surface area (TPSA) is 65.1 Å². The number of hydrogen-bond donors (Lipinski definition) is 0. The molecule has 0 aromatic carbocycles. The van der Waals surface area contributed by atoms with Crippen molar-refractivity contribution in [2.45, 2.75) is 258 Å². The van der Waals surface area contributed by atoms with Crippen LogP contribution in [0.1, 0.15) is 246 Å². The molecule has 362 valence electrons. The van der Waals surface area contributed by atoms with Gasteiger partial charge in [-0.1, -0.05) is 173 Å². The minimum Gasteiger partial charge on any atom is -0.462 e. The summed E-state index contributed by atoms with van der Waals surface area (Å²) in [5, 5.41) is 0. The fourth-order valence-corrected chi connectivity index (χ4v) is 13.2. The van der Waals surface area contributed by atoms with Crippen LogP contribution in [0.5, 0.6) is 0 Å². The Morgan fingerprint density at radius 1 is 0.746 bits per heavy atom. The Kier molecular flexibility index (Phi) is 24.6. The molecule has 0 radical (unpaired) electrons. The molecule has 0 bridgehead atoms. The van der Waals surface area contributed by atoms with Gasteiger partial charge in [0.2, 0.25) is 0 Å². The minimum atomic E-state index is -0.131. The lowest BCUT2D eigenvalue weighted by Gasteiger charge is -2.55. The number of amides is 1. The number of morpholine rings is 1. The van der Waals surface area contributed by atoms with Gasteiger partial charge in [-0.3, -0.25) is 4.79 Å². The van der Waals surface area contributed by atoms with Crippen LogP contribution in [0.25, 0.3) is 0 Å². The number of nitrogens with zero attached hydrogens (tertiary/aromatic N) is 1. The summed E-state index contributed by atoms with van der Waals surface area (Å²) in [7, 11) is 0. The molecule has 1 aliphatic heterocycles. The summed E-state index contributed by atoms with van der Waals surface area (Å²) in [5.41, 5.74) is 1.84. The number of unbranched alkanes of at least 4 members (excludes halogenated alkanes) is 21. The van der Waals surface area contributed by atoms with E-state index in [4.69, 9.17) is 14.2 Å². The monoisotopic (exact) mass is 878 g/mol. The van der Waals surface area contributed by atoms with Crippen molar-refractivity contribution < 1.29 is 23.8 Å². The normalized spacial score (nSPS) is 28.6. The number of carbonyl (C=O) groups excluding carboxylic acids is 2. The molecule has 0 aromatic heterocycles. The molecule has 63 heavy (non-hydrogen) atoms. The standard InChI is InChI=1S/C57H99NO5/c1-5-7-9-11-13-15-17-18-19-20-21-22-24-26-28-30-32-55(59)63-48-39-40-57(4)47(43-48)33-34-53-52-36-35-50(51(52)37-38-54(53)57)46(3)45-62-56(60)58-41-42-61-49(44-58)31-29-27-25-23-16-14-12-10-8-6-2/h18-19,33,46,48-54H,5-17,20-32,34-45H2,1-4H3/b19-18-/t46?,48-,49?,50+,51?,52+,53-,54-,57-/m0/s1. The molecular weight excluding hydrogens is 779 g/mol. The molecule has 6 heteroatoms. The number of carbonyl (C=O) groups is 2. The largest absolute Gasteiger partial charge is 0.462 e. The third-order valence-corrected chi connectivity index (χ3v) is 17.1. The van der Waals surface area contributed by atoms with Crippen LogP contribution in [0.4, 0.5) is 4.79 Å². The summed E-state index contributed by atoms with van der Waals surface area (Å²) in [6.45, 7) is 12.0. The van der Waals surface area contributed by atoms with Crippen molar-refractivity contribution in [3.05, 3.63) is 23.8 Å². The zero-order valence-corrected chi connectivity index (χ0v) is 41.7. The van der Waals surface area contributed by atoms with Crippen molar-refractivity contribution in [1.82, 2.24) is 4.90 Å². The van der Waals surface area contributed by atoms with E-state index in [0.29, 0.717) is 44.6 Å². The molecule has 5 aliphatic rings. The number of hydrogen-bond acceptors (Lipinski definition) is 5. The average Bonchev–Trinajstić information content (AvgIpc) is 3.74. The molecule has 9 atom stereocenters. The molecule has 1 saturated heterocycles. The van der Waals surface area contributed by atoms with Crippen LogP contribution in [0.3, 0.4) is 0 Å². The second-order valence-corrected chi connectivity index (χ2v) is 21.8. The lowest BCUT2D eigenvalue weighted by molar-refractivity contribution is -0.151. The molecule has 1 amide bonds. The number of allylic oxidation sites excluding steroid dienone is 3. The van der Waals surface area contributed by atoms with Crippen LogP contribution >= 0.6 is 0 Å². The maximum atomic E-state index is 13.3. The Morgan fingerprint density at radius 2 is 1.35 bits per heavy atom. The first-order valence-electron chi connectivity index (χ1n) is 27.9. The number of fused-ring (bicyclic) bond motifs is 5. The Bertz CT molecular complexity index is 1330. The first-order chi connectivity index (χ1) is 30.8. The molecule has 3 unspecified atom stereocenters. The van der Waals surface area contributed by atoms with Gasteiger partial charge in [0.1, 0.15) is 6.10 Å². The van der Waals surface area contributed by atoms with Gasteiger partial charge in [0.15, 0.2) is 0 Å². The molecule has 6 nitrogen and oxygen atoms in total. The molecule has 4 fully saturated rings. The van der Waals surface area contributed by atoms with E-state index in [1.54, 1.807) is 5.57 Å². The molecular formula is C57H99NO5. The SMILES string of the molecule is CCCCCCCC/C=C\CCCCCCCCC(=O)O[C@H]1CC[C@@]2(C)C(=CC[C@H]3[C@@H]4CC[C@H](C(C)COC(=O)N5CCOC(CCCCCCCCCCCC)C5)C4CC[C@@H]32)C1. The summed E-state index contributed by atoms with van der Waals surface area (Å²) >= 11 is 0. The lowest BCUT2D eigenvalue weighted by Crippen LogP contribution is -2.48. The van der Waals surface area contributed by atoms with Crippen LogP contribution in [0.2, 0.25) is 0 Å². The highest BCUT2D eigenvalue weighted by atomic mass is 16.6. The number of esters is 1. The van der Waals surface area contributed by atoms with Gasteiger partial charge in [0, 0.05) is 19.4 Å². The summed E-state index contributed by atoms with van der Waals surface area (Å²) in [6, 6.07) is 0. The zero-order valence-electron chi connectivity index (χ0n) is 41.7. The highest BCUT2D eigenvalue weighted by Gasteiger charge is 2.55. The summed E-state index contributed by atoms with van der Waals surface area (Å²) in [4.78, 5) is 28.1. The van der Waals surface area contributed by atoms with Crippen LogP contribution in [0, 0.1) is 40.9 Å². The second-order valence-electron chi connectivity index (χ2n) is 21.8. The Labute approximate surface area is 388 Å². The third-order valence-electron chi connectivity index (χ3n) is 17.1. The van der Waals surface area contributed by atoms with Gasteiger partial charge in [-0.25, -0.2) is 4.79 Å². The second kappa shape index (κ2) is 29.7. The summed E-state index contributed by atoms with van der Waals surface area (Å²) in [5.74, 6) is 4.14. The van der Waals surface area contributed by atoms with Gasteiger partial charge in [-0.15, -0.1) is 0 Å². The van der Waals surface area contributed by atoms with E-state index in [9.17, 15) is 9.59 Å². The molecule has 3 saturated carbocycles. The van der Waals surface area contributed by atoms with E-state index < -0.39 is 0 Å². The van der Waals surface area contributed by atoms with E-state index in [0.717, 1.165) is 62.2 Å². The molecule has 5 rings (SSSR count). The number of rotatable bonds is 31. The van der Waals surface area contributed by atoms with Crippen LogP contribution in [0.15, 0.2) is 23.8 Å². The van der Waals surface area contributed by atoms with Crippen molar-refractivity contribution in [2.75, 3.05) is 26.3 Å². The van der Waals surface area contributed by atoms with E-state index in [2.05, 4.69) is 45.9 Å². The van der Waals surface area contributed by atoms with Gasteiger partial charge >= 0.3 is 12.1 Å². The Balaban J connectivity index is 0.922. The lowest BCUT2D eigenvalue weighted by atomic mass is 9.50. The van der Waals surface area contributed by atoms with E-state index in [1.807, 2.05) is 4.90 Å². The maximum absolute atomic E-state index is 13.3. The van der Waals surface area contributed by atoms with Crippen LogP contribution in [-0.2, 0) is 19.0 Å². The molecule has 4 aliphatic carbocycles. The van der Waals surface area contributed by atoms with E-state index >= 15 is 0 Å². The molecule has 0 aromatic rings. The predicted molar refractivity (Wildman–Crippen MR) is 263 cm³/mol. The van der Waals surface area contributed by atoms with Crippen molar-refractivity contribution in [3.63, 3.8) is 0 Å². The first-order valence-corrected chi connectivity index (χ1v) is 27.9. The smallest absolute Gasteiger partial charge is 0.409 e. The first kappa shape index (κ1) is 52.2. The van der Waals surface area contributed by atoms with Gasteiger partial charge < -0.3 is 19.1 Å². The van der Waals surface area contributed by atoms with Gasteiger partial charge in [0.05, 0.1) is 25.9 Å². The van der Waals surface area contributed by atoms with Gasteiger partial charge in [0.25, 0.3) is 0 Å². The summed E-state index contributed by atoms with van der Waals surface area (Å²) in [6.07, 6.45) is 50.0. The fraction of sp³-hybridized carbons (Fsp3) is 0.895. The zero-order chi connectivity index (χ0) is 44.5. The Morgan fingerprint density at radius 3 is 2.02 bits per heavy atom. The maximum Gasteiger partial charge on any atom is 0.409 e. The van der Waals surface area contributed by atoms with Crippen molar-refractivity contribution in [1.29, 1.82) is 0 Å². The highest BCUT2D eigenvalue weighted by Crippen LogP contribution is 2.63. The average molecular weight is 878 g/mol. The van der Waals surface area contributed by atoms with Crippen molar-refractivity contribution in [2.24, 2.45) is 40.9 Å². The van der Waals surface area contributed by atoms with Gasteiger partial charge in [-0.05, 0) is 124 Å². The molecule has 0 spiro atoms.